The highest BCUT2D eigenvalue weighted by atomic mass is 16.2. The summed E-state index contributed by atoms with van der Waals surface area (Å²) in [5.41, 5.74) is 0.875. The number of nitrogens with one attached hydrogen (secondary N) is 2. The fourth-order valence-electron chi connectivity index (χ4n) is 2.09. The van der Waals surface area contributed by atoms with Gasteiger partial charge in [-0.3, -0.25) is 4.79 Å². The van der Waals surface area contributed by atoms with E-state index in [2.05, 4.69) is 17.2 Å². The van der Waals surface area contributed by atoms with Crippen LogP contribution < -0.4 is 5.32 Å². The van der Waals surface area contributed by atoms with E-state index in [4.69, 9.17) is 0 Å². The van der Waals surface area contributed by atoms with Crippen LogP contribution in [0.1, 0.15) is 30.3 Å². The van der Waals surface area contributed by atoms with Crippen molar-refractivity contribution in [1.82, 2.24) is 15.2 Å². The highest BCUT2D eigenvalue weighted by Crippen LogP contribution is 2.21. The minimum Gasteiger partial charge on any atom is -0.357 e. The molecule has 2 heterocycles. The third-order valence-electron chi connectivity index (χ3n) is 3.59. The largest absolute Gasteiger partial charge is 0.357 e. The lowest BCUT2D eigenvalue weighted by Crippen LogP contribution is -2.51. The van der Waals surface area contributed by atoms with Crippen LogP contribution in [0, 0.1) is 0 Å². The van der Waals surface area contributed by atoms with Gasteiger partial charge in [0.25, 0.3) is 5.91 Å². The third-order valence-corrected chi connectivity index (χ3v) is 3.59. The molecule has 0 aromatic carbocycles. The number of likely N-dealkylation sites (tertiary alicyclic amines) is 1. The first kappa shape index (κ1) is 11.2. The summed E-state index contributed by atoms with van der Waals surface area (Å²) in [5.74, 6) is 0.114. The Morgan fingerprint density at radius 2 is 2.19 bits per heavy atom. The molecule has 1 aliphatic heterocycles. The first-order valence-corrected chi connectivity index (χ1v) is 5.76. The molecule has 2 N–H and O–H groups in total. The zero-order chi connectivity index (χ0) is 11.6. The van der Waals surface area contributed by atoms with Crippen molar-refractivity contribution < 1.29 is 4.79 Å². The summed E-state index contributed by atoms with van der Waals surface area (Å²) in [7, 11) is 1.99. The predicted octanol–water partition coefficient (Wildman–Crippen LogP) is 1.23. The molecule has 0 bridgehead atoms. The molecule has 0 saturated carbocycles. The molecule has 1 amide bonds. The van der Waals surface area contributed by atoms with Crippen molar-refractivity contribution in [3.05, 3.63) is 24.0 Å². The number of hydrogen-bond donors (Lipinski definition) is 2. The summed E-state index contributed by atoms with van der Waals surface area (Å²) in [5, 5.41) is 3.33. The molecule has 0 aliphatic carbocycles. The van der Waals surface area contributed by atoms with E-state index in [9.17, 15) is 4.79 Å². The van der Waals surface area contributed by atoms with Gasteiger partial charge in [-0.2, -0.15) is 0 Å². The fraction of sp³-hybridized carbons (Fsp3) is 0.583. The van der Waals surface area contributed by atoms with Crippen LogP contribution in [0.2, 0.25) is 0 Å². The van der Waals surface area contributed by atoms with Gasteiger partial charge in [-0.15, -0.1) is 0 Å². The second-order valence-corrected chi connectivity index (χ2v) is 4.69. The highest BCUT2D eigenvalue weighted by molar-refractivity contribution is 5.92. The molecule has 1 saturated heterocycles. The maximum Gasteiger partial charge on any atom is 0.270 e. The number of hydrogen-bond acceptors (Lipinski definition) is 2. The first-order valence-electron chi connectivity index (χ1n) is 5.76. The Bertz CT molecular complexity index is 350. The molecule has 1 aliphatic rings. The summed E-state index contributed by atoms with van der Waals surface area (Å²) in [6.45, 7) is 3.87. The Kier molecular flexibility index (Phi) is 3.01. The van der Waals surface area contributed by atoms with E-state index in [1.165, 1.54) is 0 Å². The normalized spacial score (nSPS) is 19.8. The van der Waals surface area contributed by atoms with E-state index in [0.717, 1.165) is 25.9 Å². The number of aromatic amines is 1. The smallest absolute Gasteiger partial charge is 0.270 e. The van der Waals surface area contributed by atoms with Crippen LogP contribution in [-0.4, -0.2) is 41.5 Å². The first-order chi connectivity index (χ1) is 7.64. The molecular formula is C12H19N3O. The maximum atomic E-state index is 12.0. The quantitative estimate of drug-likeness (QED) is 0.789. The Morgan fingerprint density at radius 1 is 1.50 bits per heavy atom. The Balaban J connectivity index is 1.97. The number of carbonyl (C=O) groups is 1. The van der Waals surface area contributed by atoms with Gasteiger partial charge in [0, 0.05) is 24.8 Å². The summed E-state index contributed by atoms with van der Waals surface area (Å²) < 4.78 is 0. The van der Waals surface area contributed by atoms with E-state index in [0.29, 0.717) is 5.69 Å². The van der Waals surface area contributed by atoms with Crippen molar-refractivity contribution in [3.8, 4) is 0 Å². The molecular weight excluding hydrogens is 202 g/mol. The Morgan fingerprint density at radius 3 is 2.69 bits per heavy atom. The van der Waals surface area contributed by atoms with Crippen LogP contribution in [0.4, 0.5) is 0 Å². The average molecular weight is 221 g/mol. The van der Waals surface area contributed by atoms with Crippen molar-refractivity contribution in [2.75, 3.05) is 20.1 Å². The molecule has 1 fully saturated rings. The van der Waals surface area contributed by atoms with Crippen LogP contribution in [0.5, 0.6) is 0 Å². The number of rotatable bonds is 2. The molecule has 4 heteroatoms. The van der Waals surface area contributed by atoms with Gasteiger partial charge in [0.05, 0.1) is 0 Å². The lowest BCUT2D eigenvalue weighted by Gasteiger charge is -2.39. The minimum atomic E-state index is 0.114. The molecule has 0 atom stereocenters. The number of aromatic nitrogens is 1. The van der Waals surface area contributed by atoms with Crippen LogP contribution in [-0.2, 0) is 0 Å². The van der Waals surface area contributed by atoms with Crippen molar-refractivity contribution in [2.45, 2.75) is 25.3 Å². The molecule has 1 aromatic heterocycles. The SMILES string of the molecule is CNC1(C)CCN(C(=O)c2ccc[nH]2)CC1. The van der Waals surface area contributed by atoms with Gasteiger partial charge in [-0.1, -0.05) is 0 Å². The number of carbonyl (C=O) groups excluding carboxylic acids is 1. The Labute approximate surface area is 96.0 Å². The van der Waals surface area contributed by atoms with Crippen LogP contribution >= 0.6 is 0 Å². The molecule has 16 heavy (non-hydrogen) atoms. The maximum absolute atomic E-state index is 12.0. The van der Waals surface area contributed by atoms with Gasteiger partial charge in [0.2, 0.25) is 0 Å². The summed E-state index contributed by atoms with van der Waals surface area (Å²) >= 11 is 0. The monoisotopic (exact) mass is 221 g/mol. The fourth-order valence-corrected chi connectivity index (χ4v) is 2.09. The summed E-state index contributed by atoms with van der Waals surface area (Å²) in [6.07, 6.45) is 3.81. The Hall–Kier alpha value is -1.29. The molecule has 88 valence electrons. The third kappa shape index (κ3) is 2.11. The van der Waals surface area contributed by atoms with Crippen LogP contribution in [0.3, 0.4) is 0 Å². The lowest BCUT2D eigenvalue weighted by atomic mass is 9.90. The van der Waals surface area contributed by atoms with E-state index >= 15 is 0 Å². The van der Waals surface area contributed by atoms with E-state index < -0.39 is 0 Å². The predicted molar refractivity (Wildman–Crippen MR) is 63.4 cm³/mol. The molecule has 0 unspecified atom stereocenters. The van der Waals surface area contributed by atoms with Gasteiger partial charge >= 0.3 is 0 Å². The second-order valence-electron chi connectivity index (χ2n) is 4.69. The highest BCUT2D eigenvalue weighted by Gasteiger charge is 2.30. The lowest BCUT2D eigenvalue weighted by molar-refractivity contribution is 0.0656. The molecule has 2 rings (SSSR count). The van der Waals surface area contributed by atoms with Crippen LogP contribution in [0.25, 0.3) is 0 Å². The standard InChI is InChI=1S/C12H19N3O/c1-12(13-2)5-8-15(9-6-12)11(16)10-4-3-7-14-10/h3-4,7,13-14H,5-6,8-9H2,1-2H3. The van der Waals surface area contributed by atoms with Crippen molar-refractivity contribution in [3.63, 3.8) is 0 Å². The van der Waals surface area contributed by atoms with E-state index in [1.54, 1.807) is 6.20 Å². The van der Waals surface area contributed by atoms with Gasteiger partial charge in [-0.25, -0.2) is 0 Å². The number of amides is 1. The van der Waals surface area contributed by atoms with E-state index in [-0.39, 0.29) is 11.4 Å². The summed E-state index contributed by atoms with van der Waals surface area (Å²) in [6, 6.07) is 3.68. The van der Waals surface area contributed by atoms with Crippen molar-refractivity contribution in [1.29, 1.82) is 0 Å². The van der Waals surface area contributed by atoms with Crippen LogP contribution in [0.15, 0.2) is 18.3 Å². The number of H-pyrrole nitrogens is 1. The molecule has 0 spiro atoms. The zero-order valence-electron chi connectivity index (χ0n) is 9.92. The van der Waals surface area contributed by atoms with Crippen molar-refractivity contribution >= 4 is 5.91 Å². The van der Waals surface area contributed by atoms with Gasteiger partial charge in [-0.05, 0) is 38.9 Å². The number of nitrogens with zero attached hydrogens (tertiary/aromatic N) is 1. The second kappa shape index (κ2) is 4.29. The summed E-state index contributed by atoms with van der Waals surface area (Å²) in [4.78, 5) is 16.9. The topological polar surface area (TPSA) is 48.1 Å². The zero-order valence-corrected chi connectivity index (χ0v) is 9.92. The average Bonchev–Trinajstić information content (AvgIpc) is 2.83. The molecule has 0 radical (unpaired) electrons. The van der Waals surface area contributed by atoms with Gasteiger partial charge < -0.3 is 15.2 Å². The molecule has 1 aromatic rings. The molecule has 4 nitrogen and oxygen atoms in total. The number of piperidine rings is 1. The van der Waals surface area contributed by atoms with Crippen molar-refractivity contribution in [2.24, 2.45) is 0 Å². The minimum absolute atomic E-state index is 0.114. The van der Waals surface area contributed by atoms with E-state index in [1.807, 2.05) is 24.1 Å². The van der Waals surface area contributed by atoms with Gasteiger partial charge in [0.1, 0.15) is 5.69 Å². The van der Waals surface area contributed by atoms with Gasteiger partial charge in [0.15, 0.2) is 0 Å².